The van der Waals surface area contributed by atoms with Crippen LogP contribution in [0.1, 0.15) is 11.1 Å². The van der Waals surface area contributed by atoms with Crippen molar-refractivity contribution in [2.45, 2.75) is 13.0 Å². The van der Waals surface area contributed by atoms with E-state index in [1.165, 1.54) is 23.3 Å². The van der Waals surface area contributed by atoms with Crippen molar-refractivity contribution in [3.8, 4) is 0 Å². The number of nitrogens with zero attached hydrogens (tertiary/aromatic N) is 1. The molecule has 0 bridgehead atoms. The van der Waals surface area contributed by atoms with Crippen LogP contribution in [0.2, 0.25) is 0 Å². The summed E-state index contributed by atoms with van der Waals surface area (Å²) in [5.41, 5.74) is 3.28. The van der Waals surface area contributed by atoms with Gasteiger partial charge in [0, 0.05) is 18.8 Å². The number of fused-ring (bicyclic) bond motifs is 1. The summed E-state index contributed by atoms with van der Waals surface area (Å²) in [6, 6.07) is 14.2. The van der Waals surface area contributed by atoms with Crippen LogP contribution >= 0.6 is 0 Å². The Kier molecular flexibility index (Phi) is 3.97. The summed E-state index contributed by atoms with van der Waals surface area (Å²) in [6.45, 7) is 2.03. The van der Waals surface area contributed by atoms with Crippen LogP contribution in [0.15, 0.2) is 48.5 Å². The summed E-state index contributed by atoms with van der Waals surface area (Å²) in [5.74, 6) is -0.373. The van der Waals surface area contributed by atoms with E-state index in [-0.39, 0.29) is 11.7 Å². The van der Waals surface area contributed by atoms with Gasteiger partial charge < -0.3 is 5.32 Å². The first-order chi connectivity index (χ1) is 10.2. The molecule has 0 atom stereocenters. The van der Waals surface area contributed by atoms with E-state index in [1.54, 1.807) is 12.1 Å². The topological polar surface area (TPSA) is 32.3 Å². The highest BCUT2D eigenvalue weighted by Crippen LogP contribution is 2.18. The fourth-order valence-electron chi connectivity index (χ4n) is 2.63. The van der Waals surface area contributed by atoms with E-state index < -0.39 is 0 Å². The fraction of sp³-hybridized carbons (Fsp3) is 0.235. The van der Waals surface area contributed by atoms with Crippen molar-refractivity contribution in [3.63, 3.8) is 0 Å². The van der Waals surface area contributed by atoms with E-state index in [0.29, 0.717) is 12.2 Å². The summed E-state index contributed by atoms with van der Waals surface area (Å²) in [4.78, 5) is 14.2. The standard InChI is InChI=1S/C17H17FN2O/c18-15-5-7-16(8-6-15)19-17(21)12-20-10-9-13-3-1-2-4-14(13)11-20/h1-8H,9-12H2,(H,19,21). The average molecular weight is 284 g/mol. The summed E-state index contributed by atoms with van der Waals surface area (Å²) in [5, 5.41) is 2.79. The van der Waals surface area contributed by atoms with E-state index in [2.05, 4.69) is 28.4 Å². The van der Waals surface area contributed by atoms with Gasteiger partial charge in [-0.25, -0.2) is 4.39 Å². The molecule has 0 unspecified atom stereocenters. The van der Waals surface area contributed by atoms with Crippen LogP contribution in [0.5, 0.6) is 0 Å². The van der Waals surface area contributed by atoms with Crippen molar-refractivity contribution in [3.05, 3.63) is 65.5 Å². The second-order valence-corrected chi connectivity index (χ2v) is 5.28. The average Bonchev–Trinajstić information content (AvgIpc) is 2.49. The van der Waals surface area contributed by atoms with Gasteiger partial charge in [-0.1, -0.05) is 24.3 Å². The van der Waals surface area contributed by atoms with E-state index >= 15 is 0 Å². The van der Waals surface area contributed by atoms with Crippen LogP contribution in [0, 0.1) is 5.82 Å². The maximum absolute atomic E-state index is 12.8. The Hall–Kier alpha value is -2.20. The maximum atomic E-state index is 12.8. The van der Waals surface area contributed by atoms with E-state index in [9.17, 15) is 9.18 Å². The Morgan fingerprint density at radius 3 is 2.57 bits per heavy atom. The minimum atomic E-state index is -0.305. The molecule has 1 N–H and O–H groups in total. The number of carbonyl (C=O) groups is 1. The summed E-state index contributed by atoms with van der Waals surface area (Å²) < 4.78 is 12.8. The van der Waals surface area contributed by atoms with E-state index in [1.807, 2.05) is 6.07 Å². The number of hydrogen-bond acceptors (Lipinski definition) is 2. The molecule has 3 nitrogen and oxygen atoms in total. The van der Waals surface area contributed by atoms with Gasteiger partial charge in [0.2, 0.25) is 5.91 Å². The molecule has 1 heterocycles. The molecule has 1 amide bonds. The minimum Gasteiger partial charge on any atom is -0.325 e. The van der Waals surface area contributed by atoms with Crippen molar-refractivity contribution < 1.29 is 9.18 Å². The van der Waals surface area contributed by atoms with Crippen LogP contribution in [0.3, 0.4) is 0 Å². The molecule has 0 saturated carbocycles. The summed E-state index contributed by atoms with van der Waals surface area (Å²) in [7, 11) is 0. The largest absolute Gasteiger partial charge is 0.325 e. The molecule has 0 spiro atoms. The molecule has 108 valence electrons. The Morgan fingerprint density at radius 1 is 1.10 bits per heavy atom. The summed E-state index contributed by atoms with van der Waals surface area (Å²) in [6.07, 6.45) is 0.972. The molecule has 3 rings (SSSR count). The van der Waals surface area contributed by atoms with Gasteiger partial charge in [0.25, 0.3) is 0 Å². The Morgan fingerprint density at radius 2 is 1.81 bits per heavy atom. The molecule has 0 aromatic heterocycles. The SMILES string of the molecule is O=C(CN1CCc2ccccc2C1)Nc1ccc(F)cc1. The second-order valence-electron chi connectivity index (χ2n) is 5.28. The van der Waals surface area contributed by atoms with Gasteiger partial charge >= 0.3 is 0 Å². The first-order valence-electron chi connectivity index (χ1n) is 7.05. The number of amides is 1. The number of anilines is 1. The quantitative estimate of drug-likeness (QED) is 0.940. The smallest absolute Gasteiger partial charge is 0.238 e. The minimum absolute atomic E-state index is 0.0685. The third kappa shape index (κ3) is 3.47. The number of carbonyl (C=O) groups excluding carboxylic acids is 1. The zero-order valence-corrected chi connectivity index (χ0v) is 11.7. The van der Waals surface area contributed by atoms with Crippen molar-refractivity contribution in [2.24, 2.45) is 0 Å². The highest BCUT2D eigenvalue weighted by Gasteiger charge is 2.17. The number of benzene rings is 2. The van der Waals surface area contributed by atoms with Crippen molar-refractivity contribution >= 4 is 11.6 Å². The molecule has 2 aromatic carbocycles. The Bertz CT molecular complexity index is 639. The van der Waals surface area contributed by atoms with Gasteiger partial charge in [-0.05, 0) is 41.8 Å². The molecule has 2 aromatic rings. The van der Waals surface area contributed by atoms with Crippen LogP contribution in [0.25, 0.3) is 0 Å². The zero-order valence-electron chi connectivity index (χ0n) is 11.7. The Balaban J connectivity index is 1.57. The molecular weight excluding hydrogens is 267 g/mol. The highest BCUT2D eigenvalue weighted by molar-refractivity contribution is 5.92. The first kappa shape index (κ1) is 13.8. The van der Waals surface area contributed by atoms with Gasteiger partial charge in [-0.2, -0.15) is 0 Å². The lowest BCUT2D eigenvalue weighted by molar-refractivity contribution is -0.117. The molecule has 0 aliphatic carbocycles. The molecule has 4 heteroatoms. The van der Waals surface area contributed by atoms with Gasteiger partial charge in [-0.15, -0.1) is 0 Å². The van der Waals surface area contributed by atoms with Crippen LogP contribution < -0.4 is 5.32 Å². The van der Waals surface area contributed by atoms with E-state index in [4.69, 9.17) is 0 Å². The predicted octanol–water partition coefficient (Wildman–Crippen LogP) is 2.82. The molecule has 0 saturated heterocycles. The number of rotatable bonds is 3. The number of nitrogens with one attached hydrogen (secondary N) is 1. The molecule has 0 radical (unpaired) electrons. The predicted molar refractivity (Wildman–Crippen MR) is 80.5 cm³/mol. The molecule has 1 aliphatic rings. The van der Waals surface area contributed by atoms with Gasteiger partial charge in [0.1, 0.15) is 5.82 Å². The maximum Gasteiger partial charge on any atom is 0.238 e. The summed E-state index contributed by atoms with van der Waals surface area (Å²) >= 11 is 0. The van der Waals surface area contributed by atoms with Gasteiger partial charge in [0.05, 0.1) is 6.54 Å². The Labute approximate surface area is 123 Å². The zero-order chi connectivity index (χ0) is 14.7. The number of halogens is 1. The van der Waals surface area contributed by atoms with Gasteiger partial charge in [-0.3, -0.25) is 9.69 Å². The normalized spacial score (nSPS) is 14.5. The van der Waals surface area contributed by atoms with Crippen molar-refractivity contribution in [1.29, 1.82) is 0 Å². The van der Waals surface area contributed by atoms with Crippen LogP contribution in [-0.4, -0.2) is 23.9 Å². The molecule has 21 heavy (non-hydrogen) atoms. The van der Waals surface area contributed by atoms with Crippen molar-refractivity contribution in [1.82, 2.24) is 4.90 Å². The monoisotopic (exact) mass is 284 g/mol. The lowest BCUT2D eigenvalue weighted by Gasteiger charge is -2.28. The first-order valence-corrected chi connectivity index (χ1v) is 7.05. The number of hydrogen-bond donors (Lipinski definition) is 1. The molecular formula is C17H17FN2O. The van der Waals surface area contributed by atoms with Crippen LogP contribution in [0.4, 0.5) is 10.1 Å². The fourth-order valence-corrected chi connectivity index (χ4v) is 2.63. The van der Waals surface area contributed by atoms with E-state index in [0.717, 1.165) is 19.5 Å². The third-order valence-corrected chi connectivity index (χ3v) is 3.70. The van der Waals surface area contributed by atoms with Gasteiger partial charge in [0.15, 0.2) is 0 Å². The molecule has 0 fully saturated rings. The second kappa shape index (κ2) is 6.06. The molecule has 1 aliphatic heterocycles. The van der Waals surface area contributed by atoms with Crippen LogP contribution in [-0.2, 0) is 17.8 Å². The third-order valence-electron chi connectivity index (χ3n) is 3.70. The highest BCUT2D eigenvalue weighted by atomic mass is 19.1. The lowest BCUT2D eigenvalue weighted by Crippen LogP contribution is -2.37. The van der Waals surface area contributed by atoms with Crippen molar-refractivity contribution in [2.75, 3.05) is 18.4 Å². The lowest BCUT2D eigenvalue weighted by atomic mass is 10.00.